The van der Waals surface area contributed by atoms with Crippen LogP contribution < -0.4 is 11.5 Å². The highest BCUT2D eigenvalue weighted by atomic mass is 15.1. The molecule has 86 valence electrons. The second-order valence-electron chi connectivity index (χ2n) is 4.30. The van der Waals surface area contributed by atoms with Crippen LogP contribution in [0.2, 0.25) is 0 Å². The van der Waals surface area contributed by atoms with E-state index in [1.807, 2.05) is 6.92 Å². The maximum Gasteiger partial charge on any atom is 0.253 e. The average molecular weight is 219 g/mol. The van der Waals surface area contributed by atoms with Gasteiger partial charge in [-0.2, -0.15) is 4.99 Å². The van der Waals surface area contributed by atoms with E-state index in [-0.39, 0.29) is 5.96 Å². The molecule has 0 fully saturated rings. The molecule has 0 aliphatic heterocycles. The van der Waals surface area contributed by atoms with Crippen molar-refractivity contribution >= 4 is 11.9 Å². The van der Waals surface area contributed by atoms with Gasteiger partial charge in [0.05, 0.1) is 5.69 Å². The van der Waals surface area contributed by atoms with Gasteiger partial charge in [0.2, 0.25) is 0 Å². The van der Waals surface area contributed by atoms with Crippen molar-refractivity contribution in [2.45, 2.75) is 39.0 Å². The molecule has 0 bridgehead atoms. The average Bonchev–Trinajstić information content (AvgIpc) is 2.19. The molecule has 0 amide bonds. The van der Waals surface area contributed by atoms with E-state index in [0.717, 1.165) is 17.8 Å². The molecule has 1 aromatic heterocycles. The van der Waals surface area contributed by atoms with Crippen molar-refractivity contribution in [2.75, 3.05) is 0 Å². The SMILES string of the molecule is Cc1nc(N=C(N)N)nc2c1CCCC2C. The molecule has 2 rings (SSSR count). The summed E-state index contributed by atoms with van der Waals surface area (Å²) in [5.74, 6) is 0.853. The van der Waals surface area contributed by atoms with Crippen LogP contribution in [0.15, 0.2) is 4.99 Å². The van der Waals surface area contributed by atoms with Crippen LogP contribution in [-0.2, 0) is 6.42 Å². The van der Waals surface area contributed by atoms with E-state index >= 15 is 0 Å². The van der Waals surface area contributed by atoms with Gasteiger partial charge in [0.15, 0.2) is 5.96 Å². The minimum absolute atomic E-state index is 0.00260. The molecular formula is C11H17N5. The zero-order valence-corrected chi connectivity index (χ0v) is 9.70. The minimum Gasteiger partial charge on any atom is -0.370 e. The molecule has 5 heteroatoms. The Bertz CT molecular complexity index is 434. The Morgan fingerprint density at radius 3 is 2.81 bits per heavy atom. The van der Waals surface area contributed by atoms with Gasteiger partial charge in [0, 0.05) is 5.69 Å². The van der Waals surface area contributed by atoms with Gasteiger partial charge < -0.3 is 11.5 Å². The summed E-state index contributed by atoms with van der Waals surface area (Å²) in [6.07, 6.45) is 3.44. The van der Waals surface area contributed by atoms with Gasteiger partial charge in [-0.1, -0.05) is 6.92 Å². The molecule has 1 aliphatic rings. The Labute approximate surface area is 95.0 Å². The van der Waals surface area contributed by atoms with Crippen molar-refractivity contribution in [3.05, 3.63) is 17.0 Å². The summed E-state index contributed by atoms with van der Waals surface area (Å²) in [6, 6.07) is 0. The van der Waals surface area contributed by atoms with Crippen LogP contribution in [-0.4, -0.2) is 15.9 Å². The molecule has 0 aromatic carbocycles. The van der Waals surface area contributed by atoms with Crippen molar-refractivity contribution in [2.24, 2.45) is 16.5 Å². The summed E-state index contributed by atoms with van der Waals surface area (Å²) in [5.41, 5.74) is 14.0. The molecule has 1 heterocycles. The third kappa shape index (κ3) is 1.98. The summed E-state index contributed by atoms with van der Waals surface area (Å²) in [7, 11) is 0. The molecule has 16 heavy (non-hydrogen) atoms. The maximum atomic E-state index is 5.33. The van der Waals surface area contributed by atoms with Crippen molar-refractivity contribution in [1.29, 1.82) is 0 Å². The Morgan fingerprint density at radius 1 is 1.38 bits per heavy atom. The van der Waals surface area contributed by atoms with E-state index in [1.54, 1.807) is 0 Å². The number of aromatic nitrogens is 2. The van der Waals surface area contributed by atoms with Gasteiger partial charge in [0.25, 0.3) is 5.95 Å². The van der Waals surface area contributed by atoms with Gasteiger partial charge in [-0.3, -0.25) is 0 Å². The van der Waals surface area contributed by atoms with Crippen LogP contribution >= 0.6 is 0 Å². The Balaban J connectivity index is 2.50. The smallest absolute Gasteiger partial charge is 0.253 e. The van der Waals surface area contributed by atoms with Crippen molar-refractivity contribution in [3.63, 3.8) is 0 Å². The number of hydrogen-bond donors (Lipinski definition) is 2. The Kier molecular flexibility index (Phi) is 2.77. The molecule has 0 saturated carbocycles. The van der Waals surface area contributed by atoms with Crippen LogP contribution in [0.25, 0.3) is 0 Å². The van der Waals surface area contributed by atoms with Crippen LogP contribution in [0, 0.1) is 6.92 Å². The number of fused-ring (bicyclic) bond motifs is 1. The lowest BCUT2D eigenvalue weighted by Gasteiger charge is -2.22. The van der Waals surface area contributed by atoms with Gasteiger partial charge >= 0.3 is 0 Å². The molecule has 0 radical (unpaired) electrons. The zero-order chi connectivity index (χ0) is 11.7. The summed E-state index contributed by atoms with van der Waals surface area (Å²) < 4.78 is 0. The van der Waals surface area contributed by atoms with E-state index in [9.17, 15) is 0 Å². The predicted octanol–water partition coefficient (Wildman–Crippen LogP) is 1.13. The maximum absolute atomic E-state index is 5.33. The highest BCUT2D eigenvalue weighted by Gasteiger charge is 2.21. The molecule has 1 atom stereocenters. The number of nitrogens with two attached hydrogens (primary N) is 2. The first kappa shape index (κ1) is 10.9. The molecule has 4 N–H and O–H groups in total. The second-order valence-corrected chi connectivity index (χ2v) is 4.30. The van der Waals surface area contributed by atoms with E-state index in [4.69, 9.17) is 11.5 Å². The lowest BCUT2D eigenvalue weighted by molar-refractivity contribution is 0.567. The zero-order valence-electron chi connectivity index (χ0n) is 9.70. The topological polar surface area (TPSA) is 90.2 Å². The first-order valence-corrected chi connectivity index (χ1v) is 5.55. The van der Waals surface area contributed by atoms with Crippen LogP contribution in [0.1, 0.15) is 42.6 Å². The number of aryl methyl sites for hydroxylation is 1. The Morgan fingerprint density at radius 2 is 2.12 bits per heavy atom. The molecule has 1 unspecified atom stereocenters. The molecule has 0 saturated heterocycles. The van der Waals surface area contributed by atoms with Gasteiger partial charge in [-0.25, -0.2) is 9.97 Å². The fourth-order valence-electron chi connectivity index (χ4n) is 2.21. The lowest BCUT2D eigenvalue weighted by atomic mass is 9.87. The highest BCUT2D eigenvalue weighted by molar-refractivity contribution is 5.77. The quantitative estimate of drug-likeness (QED) is 0.547. The van der Waals surface area contributed by atoms with Crippen molar-refractivity contribution in [1.82, 2.24) is 9.97 Å². The van der Waals surface area contributed by atoms with E-state index < -0.39 is 0 Å². The molecule has 1 aliphatic carbocycles. The van der Waals surface area contributed by atoms with Crippen molar-refractivity contribution in [3.8, 4) is 0 Å². The largest absolute Gasteiger partial charge is 0.370 e. The highest BCUT2D eigenvalue weighted by Crippen LogP contribution is 2.31. The predicted molar refractivity (Wildman–Crippen MR) is 63.6 cm³/mol. The first-order chi connectivity index (χ1) is 7.58. The van der Waals surface area contributed by atoms with Gasteiger partial charge in [-0.15, -0.1) is 0 Å². The third-order valence-corrected chi connectivity index (χ3v) is 2.99. The van der Waals surface area contributed by atoms with E-state index in [0.29, 0.717) is 11.9 Å². The first-order valence-electron chi connectivity index (χ1n) is 5.55. The monoisotopic (exact) mass is 219 g/mol. The minimum atomic E-state index is 0.00260. The second kappa shape index (κ2) is 4.08. The van der Waals surface area contributed by atoms with Crippen molar-refractivity contribution < 1.29 is 0 Å². The Hall–Kier alpha value is -1.65. The van der Waals surface area contributed by atoms with Gasteiger partial charge in [-0.05, 0) is 37.7 Å². The summed E-state index contributed by atoms with van der Waals surface area (Å²) in [5, 5.41) is 0. The molecule has 5 nitrogen and oxygen atoms in total. The van der Waals surface area contributed by atoms with E-state index in [1.165, 1.54) is 18.4 Å². The molecular weight excluding hydrogens is 202 g/mol. The third-order valence-electron chi connectivity index (χ3n) is 2.99. The van der Waals surface area contributed by atoms with Gasteiger partial charge in [0.1, 0.15) is 0 Å². The molecule has 1 aromatic rings. The number of hydrogen-bond acceptors (Lipinski definition) is 3. The van der Waals surface area contributed by atoms with E-state index in [2.05, 4.69) is 21.9 Å². The standard InChI is InChI=1S/C11H17N5/c1-6-4-3-5-8-7(2)14-11(15-9(6)8)16-10(12)13/h6H,3-5H2,1-2H3,(H4,12,13,14,15,16). The molecule has 0 spiro atoms. The number of guanidine groups is 1. The normalized spacial score (nSPS) is 19.0. The number of aliphatic imine (C=N–C) groups is 1. The fraction of sp³-hybridized carbons (Fsp3) is 0.545. The fourth-order valence-corrected chi connectivity index (χ4v) is 2.21. The lowest BCUT2D eigenvalue weighted by Crippen LogP contribution is -2.22. The van der Waals surface area contributed by atoms with Crippen LogP contribution in [0.5, 0.6) is 0 Å². The summed E-state index contributed by atoms with van der Waals surface area (Å²) in [4.78, 5) is 12.7. The summed E-state index contributed by atoms with van der Waals surface area (Å²) >= 11 is 0. The summed E-state index contributed by atoms with van der Waals surface area (Å²) in [6.45, 7) is 4.17. The van der Waals surface area contributed by atoms with Crippen LogP contribution in [0.3, 0.4) is 0 Å². The van der Waals surface area contributed by atoms with Crippen LogP contribution in [0.4, 0.5) is 5.95 Å². The number of rotatable bonds is 1. The number of nitrogens with zero attached hydrogens (tertiary/aromatic N) is 3.